The first-order valence-electron chi connectivity index (χ1n) is 1.93. The molecule has 0 aromatic heterocycles. The quantitative estimate of drug-likeness (QED) is 0.145. The first-order chi connectivity index (χ1) is 3.42. The Labute approximate surface area is 46.7 Å². The summed E-state index contributed by atoms with van der Waals surface area (Å²) in [5, 5.41) is -0.252. The van der Waals surface area contributed by atoms with Gasteiger partial charge < -0.3 is 0 Å². The smallest absolute Gasteiger partial charge is 0.125 e. The largest absolute Gasteiger partial charge is 0.144 e. The van der Waals surface area contributed by atoms with E-state index >= 15 is 0 Å². The summed E-state index contributed by atoms with van der Waals surface area (Å²) in [6.07, 6.45) is 0. The lowest BCUT2D eigenvalue weighted by atomic mass is 11.4. The highest BCUT2D eigenvalue weighted by atomic mass is 16.9. The highest BCUT2D eigenvalue weighted by Crippen LogP contribution is 1.67. The molecule has 0 aromatic carbocycles. The minimum Gasteiger partial charge on any atom is -0.125 e. The number of nitrogens with one attached hydrogen (secondary N) is 1. The van der Waals surface area contributed by atoms with Gasteiger partial charge in [-0.1, -0.05) is 0 Å². The first-order valence-corrected chi connectivity index (χ1v) is 1.93. The van der Waals surface area contributed by atoms with Crippen molar-refractivity contribution in [2.45, 2.75) is 0 Å². The molecule has 0 fully saturated rings. The Balaban J connectivity index is 3.39. The second-order valence-electron chi connectivity index (χ2n) is 1.55. The minimum atomic E-state index is -0.706. The van der Waals surface area contributed by atoms with Crippen molar-refractivity contribution in [1.29, 1.82) is 0 Å². The van der Waals surface area contributed by atoms with Crippen molar-refractivity contribution in [3.63, 3.8) is 0 Å². The lowest BCUT2D eigenvalue weighted by Crippen LogP contribution is -3.24. The predicted octanol–water partition coefficient (Wildman–Crippen LogP) is -4.34. The molecule has 0 rings (SSSR count). The number of hydrogen-bond acceptors (Lipinski definition) is 5. The molecule has 0 aliphatic rings. The van der Waals surface area contributed by atoms with E-state index in [9.17, 15) is 0 Å². The zero-order valence-corrected chi connectivity index (χ0v) is 4.66. The summed E-state index contributed by atoms with van der Waals surface area (Å²) in [5.74, 6) is 19.8. The first kappa shape index (κ1) is 7.72. The van der Waals surface area contributed by atoms with Gasteiger partial charge in [0.1, 0.15) is 7.05 Å². The van der Waals surface area contributed by atoms with E-state index in [1.807, 2.05) is 0 Å². The van der Waals surface area contributed by atoms with Crippen LogP contribution in [0, 0.1) is 0 Å². The second kappa shape index (κ2) is 2.33. The third-order valence-electron chi connectivity index (χ3n) is 0.302. The molecule has 7 heteroatoms. The highest BCUT2D eigenvalue weighted by molar-refractivity contribution is 3.56. The van der Waals surface area contributed by atoms with Crippen LogP contribution in [0.1, 0.15) is 0 Å². The van der Waals surface area contributed by atoms with Gasteiger partial charge >= 0.3 is 0 Å². The van der Waals surface area contributed by atoms with Crippen LogP contribution < -0.4 is 28.7 Å². The number of rotatable bonds is 2. The van der Waals surface area contributed by atoms with E-state index in [1.165, 1.54) is 7.05 Å². The summed E-state index contributed by atoms with van der Waals surface area (Å²) in [6.45, 7) is 0. The van der Waals surface area contributed by atoms with Crippen LogP contribution in [-0.4, -0.2) is 11.9 Å². The standard InChI is InChI=1S/CH11N6O/c1-7(4,5)8-6(2)3/h2-5H2,1H3/q+1/p+1. The molecule has 0 amide bonds. The van der Waals surface area contributed by atoms with Crippen molar-refractivity contribution >= 4 is 0 Å². The van der Waals surface area contributed by atoms with Crippen LogP contribution in [0.3, 0.4) is 0 Å². The van der Waals surface area contributed by atoms with Crippen LogP contribution >= 0.6 is 0 Å². The number of quaternary nitrogens is 2. The summed E-state index contributed by atoms with van der Waals surface area (Å²) >= 11 is 0. The van der Waals surface area contributed by atoms with Gasteiger partial charge in [0.25, 0.3) is 0 Å². The molecule has 7 nitrogen and oxygen atoms in total. The van der Waals surface area contributed by atoms with Gasteiger partial charge in [-0.05, 0) is 0 Å². The van der Waals surface area contributed by atoms with Crippen molar-refractivity contribution in [2.75, 3.05) is 7.05 Å². The van der Waals surface area contributed by atoms with Gasteiger partial charge in [0, 0.05) is 10.1 Å². The number of nitrogens with zero attached hydrogens (tertiary/aromatic N) is 1. The third kappa shape index (κ3) is 5.72. The summed E-state index contributed by atoms with van der Waals surface area (Å²) in [5.41, 5.74) is 0. The average Bonchev–Trinajstić information content (AvgIpc) is 1.21. The number of nitrogens with two attached hydrogens (primary N) is 4. The lowest BCUT2D eigenvalue weighted by molar-refractivity contribution is -1.36. The lowest BCUT2D eigenvalue weighted by Gasteiger charge is -2.14. The van der Waals surface area contributed by atoms with Crippen molar-refractivity contribution in [2.24, 2.45) is 23.4 Å². The fourth-order valence-electron chi connectivity index (χ4n) is 0.227. The minimum absolute atomic E-state index is 0.252. The van der Waals surface area contributed by atoms with Crippen molar-refractivity contribution < 1.29 is 15.1 Å². The molecule has 0 aliphatic heterocycles. The molecule has 9 N–H and O–H groups in total. The molecule has 0 saturated carbocycles. The van der Waals surface area contributed by atoms with Crippen LogP contribution in [0.25, 0.3) is 0 Å². The molecule has 50 valence electrons. The average molecular weight is 124 g/mol. The van der Waals surface area contributed by atoms with E-state index in [2.05, 4.69) is 4.94 Å². The zero-order chi connectivity index (χ0) is 6.78. The molecule has 0 aliphatic carbocycles. The van der Waals surface area contributed by atoms with Crippen molar-refractivity contribution in [3.05, 3.63) is 0 Å². The Morgan fingerprint density at radius 1 is 1.38 bits per heavy atom. The van der Waals surface area contributed by atoms with Crippen LogP contribution in [0.2, 0.25) is 0 Å². The summed E-state index contributed by atoms with van der Waals surface area (Å²) in [6, 6.07) is 0. The molecule has 0 bridgehead atoms. The van der Waals surface area contributed by atoms with Gasteiger partial charge in [0.15, 0.2) is 0 Å². The van der Waals surface area contributed by atoms with E-state index in [-0.39, 0.29) is 5.28 Å². The molecule has 0 heterocycles. The molecule has 0 atom stereocenters. The van der Waals surface area contributed by atoms with Crippen LogP contribution in [-0.2, 0) is 4.94 Å². The predicted molar refractivity (Wildman–Crippen MR) is 25.0 cm³/mol. The zero-order valence-electron chi connectivity index (χ0n) is 4.66. The van der Waals surface area contributed by atoms with Gasteiger partial charge in [-0.2, -0.15) is 0 Å². The molecular weight excluding hydrogens is 112 g/mol. The maximum absolute atomic E-state index is 5.05. The van der Waals surface area contributed by atoms with Gasteiger partial charge in [0.05, 0.1) is 4.94 Å². The summed E-state index contributed by atoms with van der Waals surface area (Å²) in [7, 11) is 1.37. The molecule has 0 spiro atoms. The van der Waals surface area contributed by atoms with Gasteiger partial charge in [-0.3, -0.25) is 0 Å². The fraction of sp³-hybridized carbons (Fsp3) is 1.00. The van der Waals surface area contributed by atoms with Crippen molar-refractivity contribution in [3.8, 4) is 0 Å². The molecule has 8 heavy (non-hydrogen) atoms. The fourth-order valence-corrected chi connectivity index (χ4v) is 0.227. The Morgan fingerprint density at radius 2 is 1.75 bits per heavy atom. The second-order valence-corrected chi connectivity index (χ2v) is 1.55. The summed E-state index contributed by atoms with van der Waals surface area (Å²) < 4.78 is 0. The molecule has 0 aromatic rings. The molecular formula is CH12N6O+2. The number of hydrogen-bond donors (Lipinski definition) is 5. The van der Waals surface area contributed by atoms with E-state index in [0.717, 1.165) is 0 Å². The maximum atomic E-state index is 5.05. The maximum Gasteiger partial charge on any atom is 0.144 e. The van der Waals surface area contributed by atoms with Crippen LogP contribution in [0.5, 0.6) is 0 Å². The van der Waals surface area contributed by atoms with Crippen molar-refractivity contribution in [1.82, 2.24) is 0 Å². The van der Waals surface area contributed by atoms with Crippen LogP contribution in [0.4, 0.5) is 0 Å². The van der Waals surface area contributed by atoms with E-state index in [4.69, 9.17) is 23.4 Å². The molecule has 0 saturated heterocycles. The Bertz CT molecular complexity index is 63.4. The Morgan fingerprint density at radius 3 is 1.75 bits per heavy atom. The molecule has 0 unspecified atom stereocenters. The van der Waals surface area contributed by atoms with E-state index < -0.39 is 4.86 Å². The Kier molecular flexibility index (Phi) is 2.25. The van der Waals surface area contributed by atoms with Gasteiger partial charge in [-0.25, -0.2) is 0 Å². The van der Waals surface area contributed by atoms with Gasteiger partial charge in [-0.15, -0.1) is 23.4 Å². The number of hydroxylamine groups is 1. The summed E-state index contributed by atoms with van der Waals surface area (Å²) in [4.78, 5) is 3.70. The van der Waals surface area contributed by atoms with E-state index in [1.54, 1.807) is 0 Å². The third-order valence-corrected chi connectivity index (χ3v) is 0.302. The van der Waals surface area contributed by atoms with Gasteiger partial charge in [0.2, 0.25) is 0 Å². The highest BCUT2D eigenvalue weighted by Gasteiger charge is 2.16. The normalized spacial score (nSPS) is 12.8. The Hall–Kier alpha value is -0.280. The van der Waals surface area contributed by atoms with E-state index in [0.29, 0.717) is 0 Å². The SMILES string of the molecule is C[N+](N)(N)O[NH+](N)N. The molecule has 0 radical (unpaired) electrons. The monoisotopic (exact) mass is 124 g/mol. The van der Waals surface area contributed by atoms with Crippen LogP contribution in [0.15, 0.2) is 0 Å². The topological polar surface area (TPSA) is 118 Å².